The average Bonchev–Trinajstić information content (AvgIpc) is 2.60. The molecule has 0 bridgehead atoms. The average molecular weight is 339 g/mol. The molecular formula is C13H27ClN4O2S. The van der Waals surface area contributed by atoms with E-state index in [1.807, 2.05) is 0 Å². The molecule has 0 saturated carbocycles. The number of nitrogens with one attached hydrogen (secondary N) is 1. The summed E-state index contributed by atoms with van der Waals surface area (Å²) in [5, 5.41) is 4.34. The van der Waals surface area contributed by atoms with E-state index in [4.69, 9.17) is 5.73 Å². The molecule has 1 heterocycles. The quantitative estimate of drug-likeness (QED) is 0.704. The Hall–Kier alpha value is -0.630. The molecule has 1 aromatic rings. The third-order valence-corrected chi connectivity index (χ3v) is 4.76. The Kier molecular flexibility index (Phi) is 8.46. The van der Waals surface area contributed by atoms with Crippen LogP contribution in [0.4, 0.5) is 0 Å². The molecule has 0 saturated heterocycles. The molecule has 124 valence electrons. The molecule has 0 radical (unpaired) electrons. The Morgan fingerprint density at radius 2 is 1.90 bits per heavy atom. The van der Waals surface area contributed by atoms with E-state index < -0.39 is 10.0 Å². The van der Waals surface area contributed by atoms with Crippen LogP contribution >= 0.6 is 12.4 Å². The molecule has 0 aliphatic heterocycles. The molecule has 0 atom stereocenters. The zero-order valence-electron chi connectivity index (χ0n) is 13.2. The van der Waals surface area contributed by atoms with Gasteiger partial charge in [0.15, 0.2) is 0 Å². The van der Waals surface area contributed by atoms with Crippen molar-refractivity contribution in [2.45, 2.75) is 52.0 Å². The molecule has 1 rings (SSSR count). The van der Waals surface area contributed by atoms with E-state index >= 15 is 0 Å². The van der Waals surface area contributed by atoms with Gasteiger partial charge in [-0.2, -0.15) is 5.10 Å². The van der Waals surface area contributed by atoms with Gasteiger partial charge in [0.25, 0.3) is 0 Å². The Balaban J connectivity index is 0.00000400. The summed E-state index contributed by atoms with van der Waals surface area (Å²) in [6, 6.07) is 0. The Morgan fingerprint density at radius 1 is 1.29 bits per heavy atom. The molecule has 0 amide bonds. The Bertz CT molecular complexity index is 541. The lowest BCUT2D eigenvalue weighted by atomic mass is 10.2. The summed E-state index contributed by atoms with van der Waals surface area (Å²) in [5.41, 5.74) is 6.64. The van der Waals surface area contributed by atoms with Crippen LogP contribution in [0.3, 0.4) is 0 Å². The number of hydrogen-bond donors (Lipinski definition) is 2. The molecule has 3 N–H and O–H groups in total. The highest BCUT2D eigenvalue weighted by molar-refractivity contribution is 7.89. The monoisotopic (exact) mass is 338 g/mol. The first-order valence-electron chi connectivity index (χ1n) is 7.03. The minimum atomic E-state index is -3.49. The zero-order valence-corrected chi connectivity index (χ0v) is 14.9. The second kappa shape index (κ2) is 8.73. The molecular weight excluding hydrogens is 312 g/mol. The first kappa shape index (κ1) is 20.4. The van der Waals surface area contributed by atoms with Crippen LogP contribution in [0.5, 0.6) is 0 Å². The van der Waals surface area contributed by atoms with Crippen LogP contribution in [0.1, 0.15) is 38.1 Å². The number of rotatable bonds is 8. The number of sulfonamides is 1. The number of aryl methyl sites for hydroxylation is 1. The fraction of sp³-hybridized carbons (Fsp3) is 0.769. The van der Waals surface area contributed by atoms with Crippen molar-refractivity contribution >= 4 is 22.4 Å². The highest BCUT2D eigenvalue weighted by Gasteiger charge is 2.24. The Morgan fingerprint density at radius 3 is 2.43 bits per heavy atom. The molecule has 0 fully saturated rings. The number of aromatic nitrogens is 2. The van der Waals surface area contributed by atoms with Gasteiger partial charge < -0.3 is 5.73 Å². The van der Waals surface area contributed by atoms with Crippen molar-refractivity contribution in [3.05, 3.63) is 11.4 Å². The summed E-state index contributed by atoms with van der Waals surface area (Å²) >= 11 is 0. The van der Waals surface area contributed by atoms with E-state index in [2.05, 4.69) is 23.7 Å². The van der Waals surface area contributed by atoms with Gasteiger partial charge in [0.05, 0.1) is 11.4 Å². The lowest BCUT2D eigenvalue weighted by Crippen LogP contribution is -2.26. The minimum absolute atomic E-state index is 0. The van der Waals surface area contributed by atoms with Gasteiger partial charge in [-0.15, -0.1) is 12.4 Å². The standard InChI is InChI=1S/C13H26N4O2S.ClH/c1-10(2)9-17-12(4)13(11(3)16-17)20(18,19)15-8-6-5-7-14;/h10,15H,5-9,14H2,1-4H3;1H. The number of halogens is 1. The summed E-state index contributed by atoms with van der Waals surface area (Å²) in [6.07, 6.45) is 1.56. The largest absolute Gasteiger partial charge is 0.330 e. The van der Waals surface area contributed by atoms with Gasteiger partial charge in [0.2, 0.25) is 10.0 Å². The molecule has 0 spiro atoms. The molecule has 0 aliphatic rings. The van der Waals surface area contributed by atoms with Crippen molar-refractivity contribution < 1.29 is 8.42 Å². The second-order valence-electron chi connectivity index (χ2n) is 5.47. The molecule has 8 heteroatoms. The first-order chi connectivity index (χ1) is 9.29. The maximum absolute atomic E-state index is 12.3. The summed E-state index contributed by atoms with van der Waals surface area (Å²) in [4.78, 5) is 0.311. The first-order valence-corrected chi connectivity index (χ1v) is 8.51. The lowest BCUT2D eigenvalue weighted by molar-refractivity contribution is 0.471. The predicted molar refractivity (Wildman–Crippen MR) is 87.3 cm³/mol. The second-order valence-corrected chi connectivity index (χ2v) is 7.17. The number of nitrogens with zero attached hydrogens (tertiary/aromatic N) is 2. The SMILES string of the molecule is Cc1nn(CC(C)C)c(C)c1S(=O)(=O)NCCCCN.Cl. The van der Waals surface area contributed by atoms with Crippen LogP contribution in [0.25, 0.3) is 0 Å². The van der Waals surface area contributed by atoms with E-state index in [-0.39, 0.29) is 12.4 Å². The number of unbranched alkanes of at least 4 members (excludes halogenated alkanes) is 1. The van der Waals surface area contributed by atoms with Gasteiger partial charge in [0.1, 0.15) is 4.90 Å². The van der Waals surface area contributed by atoms with E-state index in [0.29, 0.717) is 35.3 Å². The van der Waals surface area contributed by atoms with Crippen LogP contribution in [-0.4, -0.2) is 31.3 Å². The molecule has 0 aromatic carbocycles. The van der Waals surface area contributed by atoms with Crippen LogP contribution in [0, 0.1) is 19.8 Å². The summed E-state index contributed by atoms with van der Waals surface area (Å²) in [6.45, 7) is 9.40. The highest BCUT2D eigenvalue weighted by Crippen LogP contribution is 2.20. The van der Waals surface area contributed by atoms with E-state index in [9.17, 15) is 8.42 Å². The molecule has 6 nitrogen and oxygen atoms in total. The normalized spacial score (nSPS) is 11.7. The fourth-order valence-electron chi connectivity index (χ4n) is 2.14. The van der Waals surface area contributed by atoms with Crippen molar-refractivity contribution in [2.75, 3.05) is 13.1 Å². The van der Waals surface area contributed by atoms with Gasteiger partial charge in [0, 0.05) is 13.1 Å². The van der Waals surface area contributed by atoms with Crippen molar-refractivity contribution in [1.29, 1.82) is 0 Å². The Labute approximate surface area is 133 Å². The van der Waals surface area contributed by atoms with Gasteiger partial charge >= 0.3 is 0 Å². The van der Waals surface area contributed by atoms with Crippen molar-refractivity contribution in [3.8, 4) is 0 Å². The van der Waals surface area contributed by atoms with Crippen LogP contribution in [0.15, 0.2) is 4.90 Å². The van der Waals surface area contributed by atoms with Crippen LogP contribution in [0.2, 0.25) is 0 Å². The van der Waals surface area contributed by atoms with E-state index in [1.165, 1.54) is 0 Å². The summed E-state index contributed by atoms with van der Waals surface area (Å²) in [5.74, 6) is 0.418. The van der Waals surface area contributed by atoms with Crippen LogP contribution < -0.4 is 10.5 Å². The number of hydrogen-bond acceptors (Lipinski definition) is 4. The molecule has 1 aromatic heterocycles. The maximum Gasteiger partial charge on any atom is 0.244 e. The van der Waals surface area contributed by atoms with Crippen molar-refractivity contribution in [3.63, 3.8) is 0 Å². The summed E-state index contributed by atoms with van der Waals surface area (Å²) in [7, 11) is -3.49. The highest BCUT2D eigenvalue weighted by atomic mass is 35.5. The topological polar surface area (TPSA) is 90.0 Å². The minimum Gasteiger partial charge on any atom is -0.330 e. The van der Waals surface area contributed by atoms with Crippen molar-refractivity contribution in [1.82, 2.24) is 14.5 Å². The van der Waals surface area contributed by atoms with E-state index in [1.54, 1.807) is 18.5 Å². The zero-order chi connectivity index (χ0) is 15.3. The summed E-state index contributed by atoms with van der Waals surface area (Å²) < 4.78 is 29.1. The lowest BCUT2D eigenvalue weighted by Gasteiger charge is -2.09. The fourth-order valence-corrected chi connectivity index (χ4v) is 3.62. The van der Waals surface area contributed by atoms with Gasteiger partial charge in [-0.1, -0.05) is 13.8 Å². The number of nitrogens with two attached hydrogens (primary N) is 1. The molecule has 0 unspecified atom stereocenters. The van der Waals surface area contributed by atoms with Gasteiger partial charge in [-0.3, -0.25) is 4.68 Å². The van der Waals surface area contributed by atoms with Gasteiger partial charge in [-0.25, -0.2) is 13.1 Å². The van der Waals surface area contributed by atoms with Crippen molar-refractivity contribution in [2.24, 2.45) is 11.7 Å². The third kappa shape index (κ3) is 5.58. The third-order valence-electron chi connectivity index (χ3n) is 3.04. The van der Waals surface area contributed by atoms with Gasteiger partial charge in [-0.05, 0) is 39.2 Å². The molecule has 21 heavy (non-hydrogen) atoms. The maximum atomic E-state index is 12.3. The van der Waals surface area contributed by atoms with E-state index in [0.717, 1.165) is 19.4 Å². The molecule has 0 aliphatic carbocycles. The smallest absolute Gasteiger partial charge is 0.244 e. The predicted octanol–water partition coefficient (Wildman–Crippen LogP) is 1.59. The van der Waals surface area contributed by atoms with Crippen LogP contribution in [-0.2, 0) is 16.6 Å².